The van der Waals surface area contributed by atoms with Gasteiger partial charge in [0.1, 0.15) is 0 Å². The van der Waals surface area contributed by atoms with Crippen LogP contribution in [0.25, 0.3) is 22.1 Å². The number of imidazole rings is 1. The van der Waals surface area contributed by atoms with Gasteiger partial charge in [0.25, 0.3) is 5.56 Å². The first-order valence-electron chi connectivity index (χ1n) is 7.34. The molecule has 2 aromatic heterocycles. The van der Waals surface area contributed by atoms with E-state index in [1.165, 1.54) is 11.3 Å². The number of thiazole rings is 1. The van der Waals surface area contributed by atoms with Crippen LogP contribution in [0.3, 0.4) is 0 Å². The Morgan fingerprint density at radius 3 is 2.75 bits per heavy atom. The third-order valence-corrected chi connectivity index (χ3v) is 6.01. The van der Waals surface area contributed by atoms with Crippen LogP contribution < -0.4 is 10.1 Å². The second-order valence-electron chi connectivity index (χ2n) is 5.66. The molecule has 4 aromatic rings. The molecule has 0 aliphatic rings. The molecular formula is C18H12Cl2N2OS. The van der Waals surface area contributed by atoms with Crippen molar-refractivity contribution in [3.8, 4) is 0 Å². The number of fused-ring (bicyclic) bond motifs is 3. The Morgan fingerprint density at radius 2 is 1.96 bits per heavy atom. The number of rotatable bonds is 1. The summed E-state index contributed by atoms with van der Waals surface area (Å²) in [6, 6.07) is 9.33. The van der Waals surface area contributed by atoms with Crippen LogP contribution in [0.1, 0.15) is 16.7 Å². The summed E-state index contributed by atoms with van der Waals surface area (Å²) < 4.78 is 2.25. The van der Waals surface area contributed by atoms with E-state index in [9.17, 15) is 4.79 Å². The first-order valence-corrected chi connectivity index (χ1v) is 8.91. The van der Waals surface area contributed by atoms with E-state index in [1.54, 1.807) is 16.5 Å². The third-order valence-electron chi connectivity index (χ3n) is 4.20. The van der Waals surface area contributed by atoms with Gasteiger partial charge in [-0.1, -0.05) is 52.7 Å². The van der Waals surface area contributed by atoms with Crippen molar-refractivity contribution in [2.45, 2.75) is 13.8 Å². The standard InChI is InChI=1S/C18H12Cl2N2OS/c1-9-6-7-13-16(10(9)2)21-18-22(13)17(23)14(24-18)8-11-4-3-5-12(19)15(11)20/h3-8H,1-2H3/b14-8-. The molecule has 24 heavy (non-hydrogen) atoms. The number of aromatic nitrogens is 2. The van der Waals surface area contributed by atoms with E-state index < -0.39 is 0 Å². The van der Waals surface area contributed by atoms with E-state index in [1.807, 2.05) is 38.1 Å². The van der Waals surface area contributed by atoms with Gasteiger partial charge in [0.05, 0.1) is 25.6 Å². The molecule has 2 heterocycles. The van der Waals surface area contributed by atoms with Crippen molar-refractivity contribution in [2.75, 3.05) is 0 Å². The molecule has 0 atom stereocenters. The van der Waals surface area contributed by atoms with Crippen LogP contribution in [0.2, 0.25) is 10.0 Å². The van der Waals surface area contributed by atoms with E-state index >= 15 is 0 Å². The Kier molecular flexibility index (Phi) is 3.64. The molecule has 0 fully saturated rings. The van der Waals surface area contributed by atoms with Gasteiger partial charge in [-0.25, -0.2) is 9.38 Å². The number of aryl methyl sites for hydroxylation is 2. The minimum absolute atomic E-state index is 0.0863. The molecule has 3 nitrogen and oxygen atoms in total. The summed E-state index contributed by atoms with van der Waals surface area (Å²) in [7, 11) is 0. The Morgan fingerprint density at radius 1 is 1.17 bits per heavy atom. The van der Waals surface area contributed by atoms with Crippen molar-refractivity contribution in [3.63, 3.8) is 0 Å². The van der Waals surface area contributed by atoms with Crippen LogP contribution in [0, 0.1) is 13.8 Å². The van der Waals surface area contributed by atoms with E-state index in [0.717, 1.165) is 27.7 Å². The zero-order valence-corrected chi connectivity index (χ0v) is 15.3. The van der Waals surface area contributed by atoms with Crippen molar-refractivity contribution in [1.82, 2.24) is 9.38 Å². The SMILES string of the molecule is Cc1ccc2c(nc3s/c(=C\c4cccc(Cl)c4Cl)c(=O)n32)c1C. The average molecular weight is 375 g/mol. The van der Waals surface area contributed by atoms with Gasteiger partial charge in [-0.15, -0.1) is 0 Å². The zero-order chi connectivity index (χ0) is 17.0. The second kappa shape index (κ2) is 5.59. The first kappa shape index (κ1) is 15.6. The van der Waals surface area contributed by atoms with Gasteiger partial charge < -0.3 is 0 Å². The van der Waals surface area contributed by atoms with Crippen LogP contribution in [-0.2, 0) is 0 Å². The minimum Gasteiger partial charge on any atom is -0.267 e. The fraction of sp³-hybridized carbons (Fsp3) is 0.111. The fourth-order valence-corrected chi connectivity index (χ4v) is 4.07. The summed E-state index contributed by atoms with van der Waals surface area (Å²) >= 11 is 13.6. The molecule has 0 aliphatic carbocycles. The lowest BCUT2D eigenvalue weighted by Crippen LogP contribution is -2.22. The Labute approximate surface area is 151 Å². The highest BCUT2D eigenvalue weighted by molar-refractivity contribution is 7.15. The molecule has 0 saturated heterocycles. The number of halogens is 2. The Balaban J connectivity index is 2.04. The molecule has 0 spiro atoms. The van der Waals surface area contributed by atoms with Gasteiger partial charge in [0, 0.05) is 0 Å². The molecule has 4 rings (SSSR count). The highest BCUT2D eigenvalue weighted by Crippen LogP contribution is 2.26. The zero-order valence-electron chi connectivity index (χ0n) is 12.9. The number of hydrogen-bond acceptors (Lipinski definition) is 3. The summed E-state index contributed by atoms with van der Waals surface area (Å²) in [4.78, 5) is 18.2. The average Bonchev–Trinajstić information content (AvgIpc) is 3.06. The largest absolute Gasteiger partial charge is 0.274 e. The van der Waals surface area contributed by atoms with Crippen LogP contribution in [-0.4, -0.2) is 9.38 Å². The van der Waals surface area contributed by atoms with E-state index in [0.29, 0.717) is 19.5 Å². The molecule has 6 heteroatoms. The smallest absolute Gasteiger partial charge is 0.267 e. The van der Waals surface area contributed by atoms with Gasteiger partial charge in [0.15, 0.2) is 4.96 Å². The summed E-state index contributed by atoms with van der Waals surface area (Å²) in [5.74, 6) is 0. The first-order chi connectivity index (χ1) is 11.5. The maximum Gasteiger partial charge on any atom is 0.274 e. The highest BCUT2D eigenvalue weighted by atomic mass is 35.5. The molecule has 0 N–H and O–H groups in total. The van der Waals surface area contributed by atoms with Crippen LogP contribution in [0.15, 0.2) is 35.1 Å². The molecule has 0 unspecified atom stereocenters. The van der Waals surface area contributed by atoms with Gasteiger partial charge >= 0.3 is 0 Å². The van der Waals surface area contributed by atoms with Gasteiger partial charge in [-0.3, -0.25) is 4.79 Å². The van der Waals surface area contributed by atoms with Crippen molar-refractivity contribution < 1.29 is 0 Å². The predicted molar refractivity (Wildman–Crippen MR) is 102 cm³/mol. The molecule has 2 aromatic carbocycles. The summed E-state index contributed by atoms with van der Waals surface area (Å²) in [6.07, 6.45) is 1.77. The van der Waals surface area contributed by atoms with Gasteiger partial charge in [-0.2, -0.15) is 0 Å². The number of hydrogen-bond donors (Lipinski definition) is 0. The Hall–Kier alpha value is -1.88. The summed E-state index contributed by atoms with van der Waals surface area (Å²) in [5.41, 5.74) is 4.63. The topological polar surface area (TPSA) is 34.4 Å². The lowest BCUT2D eigenvalue weighted by Gasteiger charge is -1.99. The normalized spacial score (nSPS) is 12.6. The number of nitrogens with zero attached hydrogens (tertiary/aromatic N) is 2. The van der Waals surface area contributed by atoms with Gasteiger partial charge in [-0.05, 0) is 48.7 Å². The fourth-order valence-electron chi connectivity index (χ4n) is 2.74. The third kappa shape index (κ3) is 2.25. The maximum atomic E-state index is 12.8. The maximum absolute atomic E-state index is 12.8. The van der Waals surface area contributed by atoms with Crippen LogP contribution >= 0.6 is 34.5 Å². The van der Waals surface area contributed by atoms with E-state index in [2.05, 4.69) is 4.98 Å². The van der Waals surface area contributed by atoms with E-state index in [4.69, 9.17) is 23.2 Å². The second-order valence-corrected chi connectivity index (χ2v) is 7.46. The lowest BCUT2D eigenvalue weighted by molar-refractivity contribution is 1.19. The highest BCUT2D eigenvalue weighted by Gasteiger charge is 2.14. The van der Waals surface area contributed by atoms with E-state index in [-0.39, 0.29) is 5.56 Å². The Bertz CT molecular complexity index is 1220. The monoisotopic (exact) mass is 374 g/mol. The summed E-state index contributed by atoms with van der Waals surface area (Å²) in [6.45, 7) is 4.07. The molecule has 0 radical (unpaired) electrons. The lowest BCUT2D eigenvalue weighted by atomic mass is 10.1. The van der Waals surface area contributed by atoms with Crippen molar-refractivity contribution >= 4 is 56.6 Å². The van der Waals surface area contributed by atoms with Crippen molar-refractivity contribution in [3.05, 3.63) is 72.0 Å². The molecule has 0 bridgehead atoms. The van der Waals surface area contributed by atoms with Gasteiger partial charge in [0.2, 0.25) is 0 Å². The molecule has 0 aliphatic heterocycles. The minimum atomic E-state index is -0.0863. The summed E-state index contributed by atoms with van der Waals surface area (Å²) in [5, 5.41) is 0.914. The molecule has 0 saturated carbocycles. The van der Waals surface area contributed by atoms with Crippen LogP contribution in [0.4, 0.5) is 0 Å². The quantitative estimate of drug-likeness (QED) is 0.495. The molecule has 120 valence electrons. The molecular weight excluding hydrogens is 363 g/mol. The predicted octanol–water partition coefficient (Wildman–Crippen LogP) is 4.38. The van der Waals surface area contributed by atoms with Crippen LogP contribution in [0.5, 0.6) is 0 Å². The number of benzene rings is 2. The van der Waals surface area contributed by atoms with Crippen molar-refractivity contribution in [1.29, 1.82) is 0 Å². The molecule has 0 amide bonds. The van der Waals surface area contributed by atoms with Crippen molar-refractivity contribution in [2.24, 2.45) is 0 Å².